The van der Waals surface area contributed by atoms with E-state index in [0.717, 1.165) is 21.4 Å². The summed E-state index contributed by atoms with van der Waals surface area (Å²) in [5, 5.41) is 4.47. The number of hydrazone groups is 1. The molecule has 158 valence electrons. The molecule has 0 aliphatic heterocycles. The van der Waals surface area contributed by atoms with Crippen LogP contribution >= 0.6 is 0 Å². The van der Waals surface area contributed by atoms with Gasteiger partial charge in [0.2, 0.25) is 5.95 Å². The molecule has 1 N–H and O–H groups in total. The van der Waals surface area contributed by atoms with Crippen molar-refractivity contribution in [3.63, 3.8) is 0 Å². The number of rotatable bonds is 6. The van der Waals surface area contributed by atoms with E-state index in [1.807, 2.05) is 67.6 Å². The lowest BCUT2D eigenvalue weighted by atomic mass is 10.1. The molecule has 0 amide bonds. The molecule has 0 spiro atoms. The number of nitrogens with zero attached hydrogens (tertiary/aromatic N) is 5. The largest absolute Gasteiger partial charge is 0.332 e. The molecular formula is C23H24N6O2. The Kier molecular flexibility index (Phi) is 5.53. The van der Waals surface area contributed by atoms with E-state index < -0.39 is 5.69 Å². The van der Waals surface area contributed by atoms with Crippen molar-refractivity contribution in [2.45, 2.75) is 19.9 Å². The molecule has 2 aromatic carbocycles. The number of aryl methyl sites for hydroxylation is 3. The first-order valence-electron chi connectivity index (χ1n) is 10.0. The van der Waals surface area contributed by atoms with Crippen LogP contribution in [0.5, 0.6) is 0 Å². The molecule has 31 heavy (non-hydrogen) atoms. The molecule has 0 bridgehead atoms. The number of benzene rings is 2. The van der Waals surface area contributed by atoms with Gasteiger partial charge in [-0.05, 0) is 24.5 Å². The molecule has 0 aliphatic rings. The maximum Gasteiger partial charge on any atom is 0.332 e. The first kappa shape index (κ1) is 20.3. The van der Waals surface area contributed by atoms with Gasteiger partial charge in [0, 0.05) is 20.6 Å². The van der Waals surface area contributed by atoms with Gasteiger partial charge >= 0.3 is 5.69 Å². The highest BCUT2D eigenvalue weighted by molar-refractivity contribution is 5.99. The van der Waals surface area contributed by atoms with Gasteiger partial charge in [0.05, 0.1) is 5.71 Å². The van der Waals surface area contributed by atoms with Gasteiger partial charge in [-0.1, -0.05) is 60.7 Å². The van der Waals surface area contributed by atoms with Crippen LogP contribution in [0.4, 0.5) is 5.95 Å². The molecule has 0 saturated heterocycles. The molecule has 4 aromatic rings. The van der Waals surface area contributed by atoms with Crippen LogP contribution in [0.2, 0.25) is 0 Å². The first-order chi connectivity index (χ1) is 15.0. The number of fused-ring (bicyclic) bond motifs is 1. The van der Waals surface area contributed by atoms with Crippen molar-refractivity contribution in [2.24, 2.45) is 19.2 Å². The van der Waals surface area contributed by atoms with Crippen LogP contribution in [0.1, 0.15) is 18.1 Å². The zero-order valence-corrected chi connectivity index (χ0v) is 17.7. The summed E-state index contributed by atoms with van der Waals surface area (Å²) in [4.78, 5) is 29.9. The van der Waals surface area contributed by atoms with Crippen molar-refractivity contribution in [3.8, 4) is 0 Å². The second kappa shape index (κ2) is 8.43. The molecule has 2 aromatic heterocycles. The quantitative estimate of drug-likeness (QED) is 0.387. The number of hydrogen-bond donors (Lipinski definition) is 1. The number of imidazole rings is 1. The number of anilines is 1. The van der Waals surface area contributed by atoms with Crippen molar-refractivity contribution in [3.05, 3.63) is 92.6 Å². The second-order valence-corrected chi connectivity index (χ2v) is 7.38. The Bertz CT molecular complexity index is 1360. The molecule has 0 radical (unpaired) electrons. The van der Waals surface area contributed by atoms with E-state index in [4.69, 9.17) is 0 Å². The van der Waals surface area contributed by atoms with Gasteiger partial charge in [0.1, 0.15) is 0 Å². The summed E-state index contributed by atoms with van der Waals surface area (Å²) in [5.74, 6) is 0.416. The average molecular weight is 416 g/mol. The predicted molar refractivity (Wildman–Crippen MR) is 123 cm³/mol. The number of aromatic nitrogens is 4. The summed E-state index contributed by atoms with van der Waals surface area (Å²) >= 11 is 0. The number of hydrogen-bond acceptors (Lipinski definition) is 5. The highest BCUT2D eigenvalue weighted by atomic mass is 16.2. The monoisotopic (exact) mass is 416 g/mol. The predicted octanol–water partition coefficient (Wildman–Crippen LogP) is 2.51. The van der Waals surface area contributed by atoms with E-state index in [1.165, 1.54) is 11.6 Å². The van der Waals surface area contributed by atoms with Crippen LogP contribution in [-0.2, 0) is 27.1 Å². The van der Waals surface area contributed by atoms with Crippen LogP contribution in [0, 0.1) is 0 Å². The van der Waals surface area contributed by atoms with Crippen LogP contribution in [-0.4, -0.2) is 24.4 Å². The minimum atomic E-state index is -0.416. The molecule has 0 aliphatic carbocycles. The molecule has 0 unspecified atom stereocenters. The lowest BCUT2D eigenvalue weighted by Crippen LogP contribution is -2.37. The molecule has 8 heteroatoms. The molecule has 2 heterocycles. The summed E-state index contributed by atoms with van der Waals surface area (Å²) in [5.41, 5.74) is 5.81. The van der Waals surface area contributed by atoms with Gasteiger partial charge in [-0.15, -0.1) is 0 Å². The molecule has 0 fully saturated rings. The standard InChI is InChI=1S/C23H24N6O2/c1-16(18-12-8-5-9-13-18)25-26-22-24-20-19(21(30)28(3)23(31)27(20)2)29(22)15-14-17-10-6-4-7-11-17/h4-13H,14-15H2,1-3H3,(H,24,26)/b25-16+. The second-order valence-electron chi connectivity index (χ2n) is 7.38. The first-order valence-corrected chi connectivity index (χ1v) is 10.0. The van der Waals surface area contributed by atoms with Crippen LogP contribution < -0.4 is 16.7 Å². The Morgan fingerprint density at radius 3 is 2.29 bits per heavy atom. The van der Waals surface area contributed by atoms with Gasteiger partial charge in [0.25, 0.3) is 5.56 Å². The topological polar surface area (TPSA) is 86.2 Å². The zero-order valence-electron chi connectivity index (χ0n) is 17.7. The van der Waals surface area contributed by atoms with Gasteiger partial charge < -0.3 is 4.57 Å². The molecule has 0 atom stereocenters. The maximum atomic E-state index is 12.9. The Labute approximate surface area is 179 Å². The van der Waals surface area contributed by atoms with Gasteiger partial charge in [-0.3, -0.25) is 13.9 Å². The normalized spacial score (nSPS) is 11.8. The Morgan fingerprint density at radius 2 is 1.61 bits per heavy atom. The molecule has 4 rings (SSSR count). The Hall–Kier alpha value is -3.94. The zero-order chi connectivity index (χ0) is 22.0. The third kappa shape index (κ3) is 3.92. The van der Waals surface area contributed by atoms with E-state index in [0.29, 0.717) is 30.1 Å². The highest BCUT2D eigenvalue weighted by Crippen LogP contribution is 2.17. The smallest absolute Gasteiger partial charge is 0.303 e. The Balaban J connectivity index is 1.79. The van der Waals surface area contributed by atoms with Gasteiger partial charge in [-0.25, -0.2) is 10.2 Å². The fourth-order valence-electron chi connectivity index (χ4n) is 3.51. The van der Waals surface area contributed by atoms with Crippen molar-refractivity contribution >= 4 is 22.8 Å². The van der Waals surface area contributed by atoms with Crippen molar-refractivity contribution in [2.75, 3.05) is 5.43 Å². The minimum absolute atomic E-state index is 0.330. The summed E-state index contributed by atoms with van der Waals surface area (Å²) in [6.07, 6.45) is 0.703. The minimum Gasteiger partial charge on any atom is -0.303 e. The van der Waals surface area contributed by atoms with Gasteiger partial charge in [-0.2, -0.15) is 10.1 Å². The molecular weight excluding hydrogens is 392 g/mol. The molecule has 0 saturated carbocycles. The lowest BCUT2D eigenvalue weighted by Gasteiger charge is -2.10. The lowest BCUT2D eigenvalue weighted by molar-refractivity contribution is 0.687. The van der Waals surface area contributed by atoms with Crippen molar-refractivity contribution < 1.29 is 0 Å². The fraction of sp³-hybridized carbons (Fsp3) is 0.217. The highest BCUT2D eigenvalue weighted by Gasteiger charge is 2.19. The van der Waals surface area contributed by atoms with Crippen molar-refractivity contribution in [1.82, 2.24) is 18.7 Å². The number of nitrogens with one attached hydrogen (secondary N) is 1. The molecule has 8 nitrogen and oxygen atoms in total. The third-order valence-electron chi connectivity index (χ3n) is 5.33. The van der Waals surface area contributed by atoms with E-state index in [1.54, 1.807) is 11.6 Å². The fourth-order valence-corrected chi connectivity index (χ4v) is 3.51. The van der Waals surface area contributed by atoms with Gasteiger partial charge in [0.15, 0.2) is 11.2 Å². The summed E-state index contributed by atoms with van der Waals surface area (Å²) < 4.78 is 4.28. The van der Waals surface area contributed by atoms with E-state index in [-0.39, 0.29) is 5.56 Å². The Morgan fingerprint density at radius 1 is 0.968 bits per heavy atom. The van der Waals surface area contributed by atoms with Crippen molar-refractivity contribution in [1.29, 1.82) is 0 Å². The summed E-state index contributed by atoms with van der Waals surface area (Å²) in [6, 6.07) is 19.8. The van der Waals surface area contributed by atoms with E-state index >= 15 is 0 Å². The summed E-state index contributed by atoms with van der Waals surface area (Å²) in [7, 11) is 3.09. The third-order valence-corrected chi connectivity index (χ3v) is 5.33. The maximum absolute atomic E-state index is 12.9. The average Bonchev–Trinajstić information content (AvgIpc) is 3.18. The SMILES string of the molecule is C/C(=N\Nc1nc2c(c(=O)n(C)c(=O)n2C)n1CCc1ccccc1)c1ccccc1. The van der Waals surface area contributed by atoms with Crippen LogP contribution in [0.15, 0.2) is 75.4 Å². The van der Waals surface area contributed by atoms with Crippen LogP contribution in [0.25, 0.3) is 11.2 Å². The van der Waals surface area contributed by atoms with E-state index in [9.17, 15) is 9.59 Å². The van der Waals surface area contributed by atoms with Crippen LogP contribution in [0.3, 0.4) is 0 Å². The van der Waals surface area contributed by atoms with E-state index in [2.05, 4.69) is 15.5 Å². The summed E-state index contributed by atoms with van der Waals surface area (Å²) in [6.45, 7) is 2.41.